The zero-order valence-electron chi connectivity index (χ0n) is 13.7. The van der Waals surface area contributed by atoms with Crippen molar-refractivity contribution in [1.29, 1.82) is 0 Å². The molecule has 3 aromatic rings. The molecule has 2 heteroatoms. The molecular weight excluding hydrogens is 292 g/mol. The summed E-state index contributed by atoms with van der Waals surface area (Å²) in [6, 6.07) is 19.7. The van der Waals surface area contributed by atoms with Crippen LogP contribution in [-0.4, -0.2) is 9.97 Å². The number of hydrogen-bond donors (Lipinski definition) is 0. The van der Waals surface area contributed by atoms with Gasteiger partial charge in [-0.1, -0.05) is 48.2 Å². The first-order chi connectivity index (χ1) is 11.7. The third kappa shape index (κ3) is 3.88. The van der Waals surface area contributed by atoms with E-state index in [2.05, 4.69) is 33.6 Å². The molecule has 3 rings (SSSR count). The maximum atomic E-state index is 4.56. The number of nitrogens with zero attached hydrogens (tertiary/aromatic N) is 2. The fraction of sp³-hybridized carbons (Fsp3) is 0.0909. The number of rotatable bonds is 0. The topological polar surface area (TPSA) is 25.8 Å². The Balaban J connectivity index is 1.90. The highest BCUT2D eigenvalue weighted by Crippen LogP contribution is 2.07. The van der Waals surface area contributed by atoms with E-state index in [0.717, 1.165) is 22.5 Å². The van der Waals surface area contributed by atoms with Gasteiger partial charge in [0.05, 0.1) is 11.4 Å². The Labute approximate surface area is 142 Å². The van der Waals surface area contributed by atoms with Crippen LogP contribution in [0.4, 0.5) is 0 Å². The summed E-state index contributed by atoms with van der Waals surface area (Å²) < 4.78 is 0. The molecule has 0 bridgehead atoms. The largest absolute Gasteiger partial charge is 0.240 e. The molecule has 0 atom stereocenters. The molecule has 2 aromatic carbocycles. The molecule has 0 amide bonds. The Morgan fingerprint density at radius 2 is 0.917 bits per heavy atom. The first-order valence-electron chi connectivity index (χ1n) is 7.72. The van der Waals surface area contributed by atoms with Gasteiger partial charge in [0, 0.05) is 11.1 Å². The van der Waals surface area contributed by atoms with E-state index in [1.54, 1.807) is 0 Å². The van der Waals surface area contributed by atoms with Gasteiger partial charge in [-0.15, -0.1) is 0 Å². The van der Waals surface area contributed by atoms with Gasteiger partial charge in [-0.05, 0) is 50.0 Å². The number of aromatic nitrogens is 2. The molecule has 1 aromatic heterocycles. The van der Waals surface area contributed by atoms with E-state index >= 15 is 0 Å². The van der Waals surface area contributed by atoms with Crippen molar-refractivity contribution in [3.63, 3.8) is 0 Å². The molecule has 2 nitrogen and oxygen atoms in total. The molecule has 24 heavy (non-hydrogen) atoms. The van der Waals surface area contributed by atoms with Crippen molar-refractivity contribution < 1.29 is 0 Å². The summed E-state index contributed by atoms with van der Waals surface area (Å²) >= 11 is 0. The summed E-state index contributed by atoms with van der Waals surface area (Å²) in [5, 5.41) is 0. The van der Waals surface area contributed by atoms with Crippen molar-refractivity contribution in [3.05, 3.63) is 94.6 Å². The molecule has 0 radical (unpaired) electrons. The predicted molar refractivity (Wildman–Crippen MR) is 96.4 cm³/mol. The average molecular weight is 308 g/mol. The van der Waals surface area contributed by atoms with E-state index in [1.807, 2.05) is 74.5 Å². The highest BCUT2D eigenvalue weighted by Gasteiger charge is 2.04. The van der Waals surface area contributed by atoms with E-state index in [-0.39, 0.29) is 0 Å². The smallest absolute Gasteiger partial charge is 0.135 e. The summed E-state index contributed by atoms with van der Waals surface area (Å²) in [5.41, 5.74) is 4.90. The van der Waals surface area contributed by atoms with Gasteiger partial charge in [-0.3, -0.25) is 0 Å². The van der Waals surface area contributed by atoms with Gasteiger partial charge >= 0.3 is 0 Å². The van der Waals surface area contributed by atoms with Gasteiger partial charge in [0.1, 0.15) is 11.4 Å². The van der Waals surface area contributed by atoms with Gasteiger partial charge in [-0.25, -0.2) is 9.97 Å². The minimum Gasteiger partial charge on any atom is -0.240 e. The minimum atomic E-state index is 0.696. The van der Waals surface area contributed by atoms with Crippen LogP contribution in [0.5, 0.6) is 0 Å². The normalized spacial score (nSPS) is 9.42. The van der Waals surface area contributed by atoms with Crippen LogP contribution in [0.25, 0.3) is 0 Å². The molecule has 0 saturated carbocycles. The molecule has 0 aliphatic rings. The lowest BCUT2D eigenvalue weighted by molar-refractivity contribution is 1.02. The monoisotopic (exact) mass is 308 g/mol. The van der Waals surface area contributed by atoms with Gasteiger partial charge in [0.15, 0.2) is 0 Å². The molecule has 0 unspecified atom stereocenters. The summed E-state index contributed by atoms with van der Waals surface area (Å²) in [4.78, 5) is 9.12. The van der Waals surface area contributed by atoms with Crippen LogP contribution in [0.15, 0.2) is 60.7 Å². The van der Waals surface area contributed by atoms with Crippen LogP contribution in [0.2, 0.25) is 0 Å². The molecule has 0 fully saturated rings. The molecular formula is C22H16N2. The summed E-state index contributed by atoms with van der Waals surface area (Å²) in [6.45, 7) is 3.82. The summed E-state index contributed by atoms with van der Waals surface area (Å²) in [5.74, 6) is 12.4. The van der Waals surface area contributed by atoms with Crippen molar-refractivity contribution in [3.8, 4) is 23.7 Å². The Kier molecular flexibility index (Phi) is 4.70. The fourth-order valence-corrected chi connectivity index (χ4v) is 2.15. The molecule has 0 saturated heterocycles. The van der Waals surface area contributed by atoms with E-state index in [4.69, 9.17) is 0 Å². The van der Waals surface area contributed by atoms with Crippen molar-refractivity contribution in [2.45, 2.75) is 13.8 Å². The zero-order valence-corrected chi connectivity index (χ0v) is 13.7. The van der Waals surface area contributed by atoms with E-state index in [1.165, 1.54) is 0 Å². The Hall–Kier alpha value is -3.36. The van der Waals surface area contributed by atoms with Crippen LogP contribution in [0.3, 0.4) is 0 Å². The molecule has 0 spiro atoms. The van der Waals surface area contributed by atoms with Crippen molar-refractivity contribution in [2.75, 3.05) is 0 Å². The molecule has 114 valence electrons. The van der Waals surface area contributed by atoms with Crippen molar-refractivity contribution >= 4 is 0 Å². The Morgan fingerprint density at radius 3 is 1.29 bits per heavy atom. The second-order valence-electron chi connectivity index (χ2n) is 5.32. The van der Waals surface area contributed by atoms with E-state index < -0.39 is 0 Å². The fourth-order valence-electron chi connectivity index (χ4n) is 2.15. The number of benzene rings is 2. The lowest BCUT2D eigenvalue weighted by atomic mass is 10.2. The summed E-state index contributed by atoms with van der Waals surface area (Å²) in [6.07, 6.45) is 0. The van der Waals surface area contributed by atoms with Crippen LogP contribution in [-0.2, 0) is 0 Å². The standard InChI is InChI=1S/C22H16N2/c1-17-21(15-13-19-9-5-3-6-10-19)24-18(2)22(23-17)16-14-20-11-7-4-8-12-20/h3-12H,1-2H3. The van der Waals surface area contributed by atoms with Gasteiger partial charge in [0.25, 0.3) is 0 Å². The van der Waals surface area contributed by atoms with Crippen LogP contribution >= 0.6 is 0 Å². The van der Waals surface area contributed by atoms with Crippen LogP contribution in [0.1, 0.15) is 33.9 Å². The highest BCUT2D eigenvalue weighted by atomic mass is 14.8. The Bertz CT molecular complexity index is 883. The lowest BCUT2D eigenvalue weighted by Crippen LogP contribution is -2.00. The molecule has 1 heterocycles. The number of hydrogen-bond acceptors (Lipinski definition) is 2. The second kappa shape index (κ2) is 7.27. The zero-order chi connectivity index (χ0) is 16.8. The summed E-state index contributed by atoms with van der Waals surface area (Å²) in [7, 11) is 0. The van der Waals surface area contributed by atoms with E-state index in [9.17, 15) is 0 Å². The van der Waals surface area contributed by atoms with Crippen molar-refractivity contribution in [1.82, 2.24) is 9.97 Å². The first kappa shape index (κ1) is 15.5. The Morgan fingerprint density at radius 1 is 0.542 bits per heavy atom. The SMILES string of the molecule is Cc1nc(C#Cc2ccccc2)c(C)nc1C#Cc1ccccc1. The maximum absolute atomic E-state index is 4.56. The molecule has 0 aliphatic carbocycles. The van der Waals surface area contributed by atoms with Gasteiger partial charge in [-0.2, -0.15) is 0 Å². The second-order valence-corrected chi connectivity index (χ2v) is 5.32. The van der Waals surface area contributed by atoms with Crippen molar-refractivity contribution in [2.24, 2.45) is 0 Å². The minimum absolute atomic E-state index is 0.696. The highest BCUT2D eigenvalue weighted by molar-refractivity contribution is 5.45. The first-order valence-corrected chi connectivity index (χ1v) is 7.72. The number of aryl methyl sites for hydroxylation is 2. The van der Waals surface area contributed by atoms with E-state index in [0.29, 0.717) is 11.4 Å². The third-order valence-corrected chi connectivity index (χ3v) is 3.44. The predicted octanol–water partition coefficient (Wildman–Crippen LogP) is 3.89. The van der Waals surface area contributed by atoms with Gasteiger partial charge in [0.2, 0.25) is 0 Å². The lowest BCUT2D eigenvalue weighted by Gasteiger charge is -2.01. The average Bonchev–Trinajstić information content (AvgIpc) is 2.62. The maximum Gasteiger partial charge on any atom is 0.135 e. The van der Waals surface area contributed by atoms with Gasteiger partial charge < -0.3 is 0 Å². The molecule has 0 aliphatic heterocycles. The third-order valence-electron chi connectivity index (χ3n) is 3.44. The molecule has 0 N–H and O–H groups in total. The van der Waals surface area contributed by atoms with Crippen LogP contribution in [0, 0.1) is 37.5 Å². The quantitative estimate of drug-likeness (QED) is 0.589. The van der Waals surface area contributed by atoms with Crippen LogP contribution < -0.4 is 0 Å².